The number of aryl methyl sites for hydroxylation is 2. The van der Waals surface area contributed by atoms with E-state index in [1.54, 1.807) is 29.9 Å². The van der Waals surface area contributed by atoms with Gasteiger partial charge in [-0.25, -0.2) is 0 Å². The van der Waals surface area contributed by atoms with Gasteiger partial charge in [-0.15, -0.1) is 0 Å². The van der Waals surface area contributed by atoms with E-state index in [2.05, 4.69) is 5.10 Å². The van der Waals surface area contributed by atoms with E-state index in [0.717, 1.165) is 21.9 Å². The molecule has 0 saturated carbocycles. The highest BCUT2D eigenvalue weighted by Gasteiger charge is 2.33. The lowest BCUT2D eigenvalue weighted by Gasteiger charge is -2.24. The summed E-state index contributed by atoms with van der Waals surface area (Å²) >= 11 is 0. The van der Waals surface area contributed by atoms with Gasteiger partial charge in [0.15, 0.2) is 0 Å². The van der Waals surface area contributed by atoms with Gasteiger partial charge in [-0.2, -0.15) is 18.3 Å². The molecule has 0 aliphatic carbocycles. The number of carbonyl (C=O) groups excluding carboxylic acids is 1. The third-order valence-electron chi connectivity index (χ3n) is 3.95. The van der Waals surface area contributed by atoms with Crippen LogP contribution < -0.4 is 4.90 Å². The first kappa shape index (κ1) is 18.0. The summed E-state index contributed by atoms with van der Waals surface area (Å²) in [6, 6.07) is 7.93. The summed E-state index contributed by atoms with van der Waals surface area (Å²) in [6.07, 6.45) is -4.09. The lowest BCUT2D eigenvalue weighted by atomic mass is 10.1. The fourth-order valence-electron chi connectivity index (χ4n) is 2.66. The predicted molar refractivity (Wildman–Crippen MR) is 85.9 cm³/mol. The third-order valence-corrected chi connectivity index (χ3v) is 3.95. The Balaban J connectivity index is 2.16. The van der Waals surface area contributed by atoms with Crippen molar-refractivity contribution in [3.63, 3.8) is 0 Å². The number of alkyl halides is 3. The quantitative estimate of drug-likeness (QED) is 0.835. The lowest BCUT2D eigenvalue weighted by Crippen LogP contribution is -2.39. The van der Waals surface area contributed by atoms with Crippen molar-refractivity contribution in [2.45, 2.75) is 32.9 Å². The van der Waals surface area contributed by atoms with E-state index in [1.807, 2.05) is 13.8 Å². The van der Waals surface area contributed by atoms with Crippen LogP contribution in [-0.4, -0.2) is 28.4 Å². The van der Waals surface area contributed by atoms with Gasteiger partial charge in [-0.1, -0.05) is 18.2 Å². The number of para-hydroxylation sites is 1. The van der Waals surface area contributed by atoms with Crippen LogP contribution in [0.1, 0.15) is 23.4 Å². The van der Waals surface area contributed by atoms with Crippen LogP contribution in [0.15, 0.2) is 30.3 Å². The van der Waals surface area contributed by atoms with E-state index < -0.39 is 18.6 Å². The molecule has 0 radical (unpaired) electrons. The molecular formula is C17H20F3N3O. The first-order chi connectivity index (χ1) is 11.2. The van der Waals surface area contributed by atoms with Crippen LogP contribution in [0.25, 0.3) is 0 Å². The van der Waals surface area contributed by atoms with Crippen LogP contribution >= 0.6 is 0 Å². The average Bonchev–Trinajstić information content (AvgIpc) is 2.75. The van der Waals surface area contributed by atoms with Gasteiger partial charge < -0.3 is 4.90 Å². The molecule has 2 rings (SSSR count). The van der Waals surface area contributed by atoms with Crippen molar-refractivity contribution in [1.29, 1.82) is 0 Å². The number of aromatic nitrogens is 2. The van der Waals surface area contributed by atoms with Gasteiger partial charge in [0.25, 0.3) is 0 Å². The monoisotopic (exact) mass is 339 g/mol. The molecule has 4 nitrogen and oxygen atoms in total. The molecule has 0 saturated heterocycles. The maximum Gasteiger partial charge on any atom is 0.406 e. The molecule has 0 fully saturated rings. The second kappa shape index (κ2) is 7.07. The number of nitrogens with zero attached hydrogens (tertiary/aromatic N) is 3. The van der Waals surface area contributed by atoms with Gasteiger partial charge in [0.1, 0.15) is 6.54 Å². The molecule has 1 amide bonds. The molecule has 1 heterocycles. The number of hydrogen-bond acceptors (Lipinski definition) is 2. The summed E-state index contributed by atoms with van der Waals surface area (Å²) in [6.45, 7) is 2.42. The van der Waals surface area contributed by atoms with Crippen LogP contribution in [-0.2, 0) is 18.3 Å². The summed E-state index contributed by atoms with van der Waals surface area (Å²) in [7, 11) is 1.80. The van der Waals surface area contributed by atoms with Crippen LogP contribution in [0.5, 0.6) is 0 Å². The topological polar surface area (TPSA) is 38.1 Å². The van der Waals surface area contributed by atoms with E-state index in [0.29, 0.717) is 6.42 Å². The minimum atomic E-state index is -4.45. The number of rotatable bonds is 5. The summed E-state index contributed by atoms with van der Waals surface area (Å²) in [5.74, 6) is -0.554. The molecule has 0 aliphatic rings. The van der Waals surface area contributed by atoms with E-state index in [9.17, 15) is 18.0 Å². The number of benzene rings is 1. The van der Waals surface area contributed by atoms with Crippen LogP contribution in [0, 0.1) is 13.8 Å². The highest BCUT2D eigenvalue weighted by Crippen LogP contribution is 2.23. The molecule has 0 unspecified atom stereocenters. The minimum Gasteiger partial charge on any atom is -0.303 e. The molecule has 0 N–H and O–H groups in total. The molecular weight excluding hydrogens is 319 g/mol. The standard InChI is InChI=1S/C17H20F3N3O/c1-12-15(13(2)22(3)21-12)9-10-16(24)23(11-17(18,19)20)14-7-5-4-6-8-14/h4-8H,9-11H2,1-3H3. The Morgan fingerprint density at radius 3 is 2.33 bits per heavy atom. The predicted octanol–water partition coefficient (Wildman–Crippen LogP) is 3.57. The molecule has 2 aromatic rings. The number of carbonyl (C=O) groups is 1. The third kappa shape index (κ3) is 4.37. The number of amides is 1. The second-order valence-corrected chi connectivity index (χ2v) is 5.70. The summed E-state index contributed by atoms with van der Waals surface area (Å²) < 4.78 is 40.2. The molecule has 0 spiro atoms. The Hall–Kier alpha value is -2.31. The number of hydrogen-bond donors (Lipinski definition) is 0. The fraction of sp³-hybridized carbons (Fsp3) is 0.412. The molecule has 130 valence electrons. The van der Waals surface area contributed by atoms with Crippen molar-refractivity contribution in [3.8, 4) is 0 Å². The Labute approximate surface area is 138 Å². The highest BCUT2D eigenvalue weighted by atomic mass is 19.4. The number of halogens is 3. The summed E-state index contributed by atoms with van der Waals surface area (Å²) in [5.41, 5.74) is 2.87. The zero-order valence-corrected chi connectivity index (χ0v) is 13.9. The SMILES string of the molecule is Cc1nn(C)c(C)c1CCC(=O)N(CC(F)(F)F)c1ccccc1. The molecule has 1 aromatic carbocycles. The van der Waals surface area contributed by atoms with E-state index in [4.69, 9.17) is 0 Å². The molecule has 0 atom stereocenters. The van der Waals surface area contributed by atoms with E-state index >= 15 is 0 Å². The van der Waals surface area contributed by atoms with Crippen LogP contribution in [0.3, 0.4) is 0 Å². The van der Waals surface area contributed by atoms with Gasteiger partial charge in [-0.05, 0) is 38.0 Å². The number of anilines is 1. The van der Waals surface area contributed by atoms with Gasteiger partial charge in [0.2, 0.25) is 5.91 Å². The van der Waals surface area contributed by atoms with Crippen molar-refractivity contribution in [2.75, 3.05) is 11.4 Å². The first-order valence-electron chi connectivity index (χ1n) is 7.60. The molecule has 1 aromatic heterocycles. The molecule has 0 bridgehead atoms. The van der Waals surface area contributed by atoms with Crippen molar-refractivity contribution in [3.05, 3.63) is 47.3 Å². The highest BCUT2D eigenvalue weighted by molar-refractivity contribution is 5.93. The van der Waals surface area contributed by atoms with E-state index in [1.165, 1.54) is 12.1 Å². The first-order valence-corrected chi connectivity index (χ1v) is 7.60. The van der Waals surface area contributed by atoms with Crippen LogP contribution in [0.4, 0.5) is 18.9 Å². The summed E-state index contributed by atoms with van der Waals surface area (Å²) in [5, 5.41) is 4.26. The Morgan fingerprint density at radius 1 is 1.21 bits per heavy atom. The van der Waals surface area contributed by atoms with Crippen molar-refractivity contribution >= 4 is 11.6 Å². The lowest BCUT2D eigenvalue weighted by molar-refractivity contribution is -0.132. The molecule has 24 heavy (non-hydrogen) atoms. The van der Waals surface area contributed by atoms with Gasteiger partial charge in [-0.3, -0.25) is 9.48 Å². The van der Waals surface area contributed by atoms with Gasteiger partial charge in [0.05, 0.1) is 5.69 Å². The fourth-order valence-corrected chi connectivity index (χ4v) is 2.66. The average molecular weight is 339 g/mol. The zero-order valence-electron chi connectivity index (χ0n) is 13.9. The van der Waals surface area contributed by atoms with Gasteiger partial charge in [0, 0.05) is 24.8 Å². The van der Waals surface area contributed by atoms with Crippen molar-refractivity contribution in [1.82, 2.24) is 9.78 Å². The Bertz CT molecular complexity index is 708. The maximum absolute atomic E-state index is 12.8. The van der Waals surface area contributed by atoms with Crippen LogP contribution in [0.2, 0.25) is 0 Å². The zero-order chi connectivity index (χ0) is 17.9. The van der Waals surface area contributed by atoms with Crippen molar-refractivity contribution < 1.29 is 18.0 Å². The van der Waals surface area contributed by atoms with E-state index in [-0.39, 0.29) is 12.1 Å². The Kier molecular flexibility index (Phi) is 5.31. The van der Waals surface area contributed by atoms with Crippen molar-refractivity contribution in [2.24, 2.45) is 7.05 Å². The maximum atomic E-state index is 12.8. The molecule has 0 aliphatic heterocycles. The summed E-state index contributed by atoms with van der Waals surface area (Å²) in [4.78, 5) is 13.2. The normalized spacial score (nSPS) is 11.6. The molecule has 7 heteroatoms. The Morgan fingerprint density at radius 2 is 1.83 bits per heavy atom. The largest absolute Gasteiger partial charge is 0.406 e. The smallest absolute Gasteiger partial charge is 0.303 e. The minimum absolute atomic E-state index is 0.00164. The second-order valence-electron chi connectivity index (χ2n) is 5.70. The van der Waals surface area contributed by atoms with Gasteiger partial charge >= 0.3 is 6.18 Å².